The first-order chi connectivity index (χ1) is 5.52. The fraction of sp³-hybridized carbons (Fsp3) is 1.00. The van der Waals surface area contributed by atoms with E-state index in [-0.39, 0.29) is 0 Å². The summed E-state index contributed by atoms with van der Waals surface area (Å²) in [5, 5.41) is 0. The van der Waals surface area contributed by atoms with Crippen molar-refractivity contribution >= 4 is 0 Å². The minimum atomic E-state index is 0.637. The second-order valence-electron chi connectivity index (χ2n) is 6.21. The maximum atomic E-state index is 2.46. The molecule has 2 fully saturated rings. The van der Waals surface area contributed by atoms with Crippen LogP contribution in [0.2, 0.25) is 0 Å². The number of hydrogen-bond donors (Lipinski definition) is 0. The molecule has 1 atom stereocenters. The third-order valence-corrected chi connectivity index (χ3v) is 3.95. The fourth-order valence-corrected chi connectivity index (χ4v) is 3.97. The minimum absolute atomic E-state index is 0.637. The van der Waals surface area contributed by atoms with Gasteiger partial charge < -0.3 is 0 Å². The van der Waals surface area contributed by atoms with E-state index >= 15 is 0 Å². The average Bonchev–Trinajstić information content (AvgIpc) is 1.79. The molecule has 2 rings (SSSR count). The van der Waals surface area contributed by atoms with Crippen molar-refractivity contribution in [2.45, 2.75) is 59.3 Å². The predicted molar refractivity (Wildman–Crippen MR) is 53.1 cm³/mol. The molecular formula is C12H22. The fourth-order valence-electron chi connectivity index (χ4n) is 3.97. The van der Waals surface area contributed by atoms with Gasteiger partial charge in [-0.1, -0.05) is 27.2 Å². The van der Waals surface area contributed by atoms with Gasteiger partial charge in [-0.05, 0) is 48.9 Å². The maximum Gasteiger partial charge on any atom is -0.0290 e. The first-order valence-corrected chi connectivity index (χ1v) is 5.52. The molecular weight excluding hydrogens is 144 g/mol. The molecule has 0 N–H and O–H groups in total. The summed E-state index contributed by atoms with van der Waals surface area (Å²) in [5.74, 6) is 0.981. The zero-order valence-electron chi connectivity index (χ0n) is 8.82. The van der Waals surface area contributed by atoms with E-state index in [2.05, 4.69) is 20.8 Å². The zero-order chi connectivity index (χ0) is 8.82. The van der Waals surface area contributed by atoms with E-state index in [9.17, 15) is 0 Å². The lowest BCUT2D eigenvalue weighted by Gasteiger charge is -2.53. The Kier molecular flexibility index (Phi) is 1.79. The third kappa shape index (κ3) is 1.41. The van der Waals surface area contributed by atoms with Crippen LogP contribution in [0.3, 0.4) is 0 Å². The van der Waals surface area contributed by atoms with Crippen LogP contribution in [0.25, 0.3) is 0 Å². The molecule has 0 amide bonds. The van der Waals surface area contributed by atoms with Crippen LogP contribution < -0.4 is 0 Å². The molecule has 0 aromatic rings. The standard InChI is InChI=1S/C12H22/c1-10-7-11(2,3)9-12(8-10)5-4-6-12/h10H,4-9H2,1-3H3. The summed E-state index contributed by atoms with van der Waals surface area (Å²) in [6, 6.07) is 0. The molecule has 12 heavy (non-hydrogen) atoms. The van der Waals surface area contributed by atoms with Crippen molar-refractivity contribution in [3.8, 4) is 0 Å². The highest BCUT2D eigenvalue weighted by Gasteiger charge is 2.45. The smallest absolute Gasteiger partial charge is 0.0290 e. The summed E-state index contributed by atoms with van der Waals surface area (Å²) in [6.45, 7) is 7.37. The van der Waals surface area contributed by atoms with Gasteiger partial charge in [0.05, 0.1) is 0 Å². The summed E-state index contributed by atoms with van der Waals surface area (Å²) in [4.78, 5) is 0. The predicted octanol–water partition coefficient (Wildman–Crippen LogP) is 4.00. The van der Waals surface area contributed by atoms with Gasteiger partial charge in [0.15, 0.2) is 0 Å². The lowest BCUT2D eigenvalue weighted by molar-refractivity contribution is -0.0143. The molecule has 2 aliphatic carbocycles. The Labute approximate surface area is 76.7 Å². The third-order valence-electron chi connectivity index (χ3n) is 3.95. The SMILES string of the molecule is CC1CC(C)(C)CC2(CCC2)C1. The topological polar surface area (TPSA) is 0 Å². The van der Waals surface area contributed by atoms with Crippen LogP contribution in [0.4, 0.5) is 0 Å². The second-order valence-corrected chi connectivity index (χ2v) is 6.21. The van der Waals surface area contributed by atoms with E-state index in [4.69, 9.17) is 0 Å². The van der Waals surface area contributed by atoms with E-state index < -0.39 is 0 Å². The normalized spacial score (nSPS) is 37.8. The lowest BCUT2D eigenvalue weighted by Crippen LogP contribution is -2.41. The Morgan fingerprint density at radius 2 is 1.75 bits per heavy atom. The molecule has 0 nitrogen and oxygen atoms in total. The van der Waals surface area contributed by atoms with E-state index in [1.807, 2.05) is 0 Å². The molecule has 2 aliphatic rings. The van der Waals surface area contributed by atoms with Crippen LogP contribution in [-0.2, 0) is 0 Å². The summed E-state index contributed by atoms with van der Waals surface area (Å²) in [6.07, 6.45) is 9.04. The van der Waals surface area contributed by atoms with Crippen molar-refractivity contribution in [2.24, 2.45) is 16.7 Å². The Balaban J connectivity index is 2.08. The second kappa shape index (κ2) is 2.49. The highest BCUT2D eigenvalue weighted by atomic mass is 14.5. The quantitative estimate of drug-likeness (QED) is 0.510. The van der Waals surface area contributed by atoms with Crippen molar-refractivity contribution in [2.75, 3.05) is 0 Å². The van der Waals surface area contributed by atoms with Gasteiger partial charge in [0.25, 0.3) is 0 Å². The number of rotatable bonds is 0. The molecule has 1 unspecified atom stereocenters. The summed E-state index contributed by atoms with van der Waals surface area (Å²) >= 11 is 0. The van der Waals surface area contributed by atoms with Crippen molar-refractivity contribution in [1.82, 2.24) is 0 Å². The summed E-state index contributed by atoms with van der Waals surface area (Å²) in [5.41, 5.74) is 1.44. The van der Waals surface area contributed by atoms with Crippen LogP contribution in [0.5, 0.6) is 0 Å². The Morgan fingerprint density at radius 3 is 2.17 bits per heavy atom. The van der Waals surface area contributed by atoms with Gasteiger partial charge in [0.2, 0.25) is 0 Å². The van der Waals surface area contributed by atoms with Crippen LogP contribution in [0.15, 0.2) is 0 Å². The molecule has 0 saturated heterocycles. The van der Waals surface area contributed by atoms with E-state index in [0.717, 1.165) is 11.3 Å². The van der Waals surface area contributed by atoms with Crippen molar-refractivity contribution in [1.29, 1.82) is 0 Å². The van der Waals surface area contributed by atoms with E-state index in [0.29, 0.717) is 5.41 Å². The zero-order valence-corrected chi connectivity index (χ0v) is 8.82. The van der Waals surface area contributed by atoms with Gasteiger partial charge in [0.1, 0.15) is 0 Å². The Morgan fingerprint density at radius 1 is 1.08 bits per heavy atom. The largest absolute Gasteiger partial charge is 0.0625 e. The molecule has 1 spiro atoms. The van der Waals surface area contributed by atoms with Crippen LogP contribution >= 0.6 is 0 Å². The molecule has 0 aliphatic heterocycles. The molecule has 0 heteroatoms. The highest BCUT2D eigenvalue weighted by molar-refractivity contribution is 4.97. The van der Waals surface area contributed by atoms with Gasteiger partial charge in [0, 0.05) is 0 Å². The van der Waals surface area contributed by atoms with Gasteiger partial charge >= 0.3 is 0 Å². The van der Waals surface area contributed by atoms with Crippen LogP contribution in [0.1, 0.15) is 59.3 Å². The monoisotopic (exact) mass is 166 g/mol. The first kappa shape index (κ1) is 8.59. The molecule has 2 saturated carbocycles. The molecule has 0 aromatic carbocycles. The maximum absolute atomic E-state index is 2.46. The summed E-state index contributed by atoms with van der Waals surface area (Å²) in [7, 11) is 0. The summed E-state index contributed by atoms with van der Waals surface area (Å²) < 4.78 is 0. The molecule has 0 radical (unpaired) electrons. The van der Waals surface area contributed by atoms with E-state index in [1.165, 1.54) is 38.5 Å². The van der Waals surface area contributed by atoms with Gasteiger partial charge in [-0.3, -0.25) is 0 Å². The molecule has 0 heterocycles. The van der Waals surface area contributed by atoms with E-state index in [1.54, 1.807) is 0 Å². The van der Waals surface area contributed by atoms with Gasteiger partial charge in [-0.15, -0.1) is 0 Å². The minimum Gasteiger partial charge on any atom is -0.0625 e. The molecule has 0 bridgehead atoms. The molecule has 70 valence electrons. The lowest BCUT2D eigenvalue weighted by atomic mass is 9.53. The van der Waals surface area contributed by atoms with Crippen molar-refractivity contribution in [3.63, 3.8) is 0 Å². The Bertz CT molecular complexity index is 174. The average molecular weight is 166 g/mol. The van der Waals surface area contributed by atoms with Crippen molar-refractivity contribution in [3.05, 3.63) is 0 Å². The Hall–Kier alpha value is 0. The first-order valence-electron chi connectivity index (χ1n) is 5.52. The van der Waals surface area contributed by atoms with Crippen molar-refractivity contribution < 1.29 is 0 Å². The van der Waals surface area contributed by atoms with Gasteiger partial charge in [-0.2, -0.15) is 0 Å². The highest BCUT2D eigenvalue weighted by Crippen LogP contribution is 2.58. The molecule has 0 aromatic heterocycles. The number of hydrogen-bond acceptors (Lipinski definition) is 0. The van der Waals surface area contributed by atoms with Crippen LogP contribution in [-0.4, -0.2) is 0 Å². The van der Waals surface area contributed by atoms with Crippen LogP contribution in [0, 0.1) is 16.7 Å². The van der Waals surface area contributed by atoms with Gasteiger partial charge in [-0.25, -0.2) is 0 Å².